The second-order valence-corrected chi connectivity index (χ2v) is 2.08. The fraction of sp³-hybridized carbons (Fsp3) is 0. The number of hydrogen-bond donors (Lipinski definition) is 0. The van der Waals surface area contributed by atoms with Crippen LogP contribution in [0.2, 0.25) is 0 Å². The van der Waals surface area contributed by atoms with Gasteiger partial charge in [0.25, 0.3) is 0 Å². The highest BCUT2D eigenvalue weighted by Crippen LogP contribution is 2.06. The fourth-order valence-corrected chi connectivity index (χ4v) is 0.762. The predicted molar refractivity (Wildman–Crippen MR) is 33.9 cm³/mol. The maximum Gasteiger partial charge on any atom is 0.577 e. The predicted octanol–water partition coefficient (Wildman–Crippen LogP) is 1.74. The summed E-state index contributed by atoms with van der Waals surface area (Å²) in [5.74, 6) is -4.35. The van der Waals surface area contributed by atoms with Gasteiger partial charge in [0.15, 0.2) is 0 Å². The van der Waals surface area contributed by atoms with E-state index < -0.39 is 30.2 Å². The highest BCUT2D eigenvalue weighted by molar-refractivity contribution is 6.60. The quantitative estimate of drug-likeness (QED) is 0.456. The third-order valence-corrected chi connectivity index (χ3v) is 1.26. The van der Waals surface area contributed by atoms with Crippen LogP contribution >= 0.6 is 0 Å². The normalized spacial score (nSPS) is 10.1. The largest absolute Gasteiger partial charge is 0.577 e. The molecule has 0 unspecified atom stereocenters. The molecule has 0 amide bonds. The third kappa shape index (κ3) is 1.57. The molecule has 1 aromatic carbocycles. The average Bonchev–Trinajstić information content (AvgIpc) is 1.82. The van der Waals surface area contributed by atoms with Gasteiger partial charge in [-0.2, -0.15) is 0 Å². The zero-order valence-corrected chi connectivity index (χ0v) is 5.62. The van der Waals surface area contributed by atoms with Gasteiger partial charge in [-0.3, -0.25) is 8.63 Å². The first-order chi connectivity index (χ1) is 5.52. The molecule has 0 aliphatic rings. The van der Waals surface area contributed by atoms with Crippen LogP contribution in [0, 0.1) is 17.5 Å². The van der Waals surface area contributed by atoms with Gasteiger partial charge in [0.1, 0.15) is 17.5 Å². The first-order valence-corrected chi connectivity index (χ1v) is 2.95. The Balaban J connectivity index is 3.28. The van der Waals surface area contributed by atoms with Crippen LogP contribution in [0.1, 0.15) is 0 Å². The molecule has 0 atom stereocenters. The molecule has 0 nitrogen and oxygen atoms in total. The highest BCUT2D eigenvalue weighted by atomic mass is 19.2. The average molecular weight is 180 g/mol. The summed E-state index contributed by atoms with van der Waals surface area (Å²) in [7, 11) is -3.27. The van der Waals surface area contributed by atoms with E-state index in [4.69, 9.17) is 0 Å². The Hall–Kier alpha value is -1.07. The molecular weight excluding hydrogens is 178 g/mol. The molecule has 6 heteroatoms. The molecule has 64 valence electrons. The Labute approximate surface area is 65.2 Å². The molecule has 0 fully saturated rings. The van der Waals surface area contributed by atoms with E-state index >= 15 is 0 Å². The number of hydrogen-bond acceptors (Lipinski definition) is 0. The van der Waals surface area contributed by atoms with Crippen LogP contribution in [0.25, 0.3) is 0 Å². The summed E-state index contributed by atoms with van der Waals surface area (Å²) in [5, 5.41) is 0. The van der Waals surface area contributed by atoms with Gasteiger partial charge in [-0.05, 0) is 0 Å². The minimum Gasteiger partial charge on any atom is -0.281 e. The maximum absolute atomic E-state index is 12.4. The SMILES string of the molecule is FB(F)c1c(F)cc(F)cc1F. The van der Waals surface area contributed by atoms with E-state index in [0.29, 0.717) is 0 Å². The van der Waals surface area contributed by atoms with Crippen molar-refractivity contribution in [3.8, 4) is 0 Å². The molecule has 0 spiro atoms. The minimum absolute atomic E-state index is 0.213. The lowest BCUT2D eigenvalue weighted by Gasteiger charge is -1.99. The van der Waals surface area contributed by atoms with Gasteiger partial charge in [0.2, 0.25) is 0 Å². The monoisotopic (exact) mass is 180 g/mol. The van der Waals surface area contributed by atoms with Crippen molar-refractivity contribution in [1.82, 2.24) is 0 Å². The summed E-state index contributed by atoms with van der Waals surface area (Å²) in [6.07, 6.45) is 0. The van der Waals surface area contributed by atoms with Gasteiger partial charge < -0.3 is 0 Å². The zero-order chi connectivity index (χ0) is 9.30. The van der Waals surface area contributed by atoms with Gasteiger partial charge in [-0.25, -0.2) is 13.2 Å². The van der Waals surface area contributed by atoms with E-state index in [-0.39, 0.29) is 12.1 Å². The number of halogens is 5. The topological polar surface area (TPSA) is 0 Å². The lowest BCUT2D eigenvalue weighted by Crippen LogP contribution is -2.28. The van der Waals surface area contributed by atoms with Crippen LogP contribution < -0.4 is 5.46 Å². The van der Waals surface area contributed by atoms with Crippen molar-refractivity contribution in [2.75, 3.05) is 0 Å². The molecule has 0 aromatic heterocycles. The van der Waals surface area contributed by atoms with Crippen molar-refractivity contribution in [2.45, 2.75) is 0 Å². The summed E-state index contributed by atoms with van der Waals surface area (Å²) < 4.78 is 60.6. The summed E-state index contributed by atoms with van der Waals surface area (Å²) in [6, 6.07) is 0.426. The Morgan fingerprint density at radius 2 is 1.33 bits per heavy atom. The minimum atomic E-state index is -3.27. The highest BCUT2D eigenvalue weighted by Gasteiger charge is 2.26. The molecule has 1 rings (SSSR count). The summed E-state index contributed by atoms with van der Waals surface area (Å²) >= 11 is 0. The standard InChI is InChI=1S/C6H2BF5/c8-3-1-4(9)6(7(11)12)5(10)2-3/h1-2H. The molecule has 0 N–H and O–H groups in total. The summed E-state index contributed by atoms with van der Waals surface area (Å²) in [6.45, 7) is 0. The second-order valence-electron chi connectivity index (χ2n) is 2.08. The van der Waals surface area contributed by atoms with Crippen LogP contribution in [0.15, 0.2) is 12.1 Å². The second kappa shape index (κ2) is 3.12. The van der Waals surface area contributed by atoms with Crippen molar-refractivity contribution >= 4 is 12.7 Å². The molecular formula is C6H2BF5. The molecule has 12 heavy (non-hydrogen) atoms. The summed E-state index contributed by atoms with van der Waals surface area (Å²) in [4.78, 5) is 0. The zero-order valence-electron chi connectivity index (χ0n) is 5.62. The van der Waals surface area contributed by atoms with Crippen LogP contribution in [-0.2, 0) is 0 Å². The Morgan fingerprint density at radius 3 is 1.67 bits per heavy atom. The Morgan fingerprint density at radius 1 is 0.917 bits per heavy atom. The smallest absolute Gasteiger partial charge is 0.281 e. The lowest BCUT2D eigenvalue weighted by molar-refractivity contribution is 0.546. The molecule has 0 aliphatic carbocycles. The molecule has 1 aromatic rings. The van der Waals surface area contributed by atoms with E-state index in [9.17, 15) is 21.8 Å². The Bertz CT molecular complexity index is 275. The van der Waals surface area contributed by atoms with E-state index in [2.05, 4.69) is 0 Å². The van der Waals surface area contributed by atoms with Crippen molar-refractivity contribution in [1.29, 1.82) is 0 Å². The molecule has 0 saturated heterocycles. The van der Waals surface area contributed by atoms with Crippen LogP contribution in [-0.4, -0.2) is 7.27 Å². The molecule has 0 saturated carbocycles. The van der Waals surface area contributed by atoms with E-state index in [1.54, 1.807) is 0 Å². The van der Waals surface area contributed by atoms with Gasteiger partial charge in [-0.1, -0.05) is 0 Å². The summed E-state index contributed by atoms with van der Waals surface area (Å²) in [5.41, 5.74) is -1.39. The molecule has 0 heterocycles. The van der Waals surface area contributed by atoms with Gasteiger partial charge >= 0.3 is 7.27 Å². The molecule has 0 bridgehead atoms. The van der Waals surface area contributed by atoms with Crippen molar-refractivity contribution in [3.63, 3.8) is 0 Å². The van der Waals surface area contributed by atoms with Crippen molar-refractivity contribution < 1.29 is 21.8 Å². The van der Waals surface area contributed by atoms with E-state index in [0.717, 1.165) is 0 Å². The number of benzene rings is 1. The maximum atomic E-state index is 12.4. The molecule has 0 radical (unpaired) electrons. The number of rotatable bonds is 1. The van der Waals surface area contributed by atoms with Crippen LogP contribution in [0.3, 0.4) is 0 Å². The van der Waals surface area contributed by atoms with Crippen molar-refractivity contribution in [2.24, 2.45) is 0 Å². The third-order valence-electron chi connectivity index (χ3n) is 1.26. The lowest BCUT2D eigenvalue weighted by atomic mass is 9.85. The fourth-order valence-electron chi connectivity index (χ4n) is 0.762. The van der Waals surface area contributed by atoms with Crippen LogP contribution in [0.5, 0.6) is 0 Å². The van der Waals surface area contributed by atoms with E-state index in [1.165, 1.54) is 0 Å². The van der Waals surface area contributed by atoms with Crippen molar-refractivity contribution in [3.05, 3.63) is 29.6 Å². The Kier molecular flexibility index (Phi) is 2.35. The first-order valence-electron chi connectivity index (χ1n) is 2.95. The van der Waals surface area contributed by atoms with Gasteiger partial charge in [0.05, 0.1) is 5.46 Å². The van der Waals surface area contributed by atoms with Crippen LogP contribution in [0.4, 0.5) is 21.8 Å². The van der Waals surface area contributed by atoms with Gasteiger partial charge in [-0.15, -0.1) is 0 Å². The molecule has 0 aliphatic heterocycles. The first kappa shape index (κ1) is 9.03. The van der Waals surface area contributed by atoms with Gasteiger partial charge in [0, 0.05) is 12.1 Å². The van der Waals surface area contributed by atoms with E-state index in [1.807, 2.05) is 0 Å².